The molecule has 3 rings (SSSR count). The topological polar surface area (TPSA) is 66.8 Å². The van der Waals surface area contributed by atoms with E-state index in [1.54, 1.807) is 7.11 Å². The number of hydrogen-bond donors (Lipinski definition) is 1. The van der Waals surface area contributed by atoms with Gasteiger partial charge in [0, 0.05) is 19.4 Å². The molecule has 0 radical (unpaired) electrons. The molecule has 1 atom stereocenters. The summed E-state index contributed by atoms with van der Waals surface area (Å²) < 4.78 is 5.19. The number of benzene rings is 2. The number of fused-ring (bicyclic) bond motifs is 1. The van der Waals surface area contributed by atoms with Crippen LogP contribution in [0.15, 0.2) is 48.5 Å². The summed E-state index contributed by atoms with van der Waals surface area (Å²) in [4.78, 5) is 25.8. The van der Waals surface area contributed by atoms with Gasteiger partial charge < -0.3 is 14.7 Å². The van der Waals surface area contributed by atoms with Gasteiger partial charge in [0.2, 0.25) is 5.91 Å². The number of aliphatic carboxylic acids is 1. The van der Waals surface area contributed by atoms with Crippen LogP contribution in [0, 0.1) is 0 Å². The minimum absolute atomic E-state index is 0.135. The Morgan fingerprint density at radius 2 is 1.92 bits per heavy atom. The Balaban J connectivity index is 1.72. The summed E-state index contributed by atoms with van der Waals surface area (Å²) in [5.41, 5.74) is 3.03. The number of carboxylic acid groups (broad SMARTS) is 1. The standard InChI is InChI=1S/C20H21NO4/c1-25-17-8-4-5-14(11-17)9-10-19(22)21-13-16-7-3-2-6-15(16)12-18(21)20(23)24/h2-8,11,18H,9-10,12-13H2,1H3,(H,23,24)/t18-/m0/s1. The van der Waals surface area contributed by atoms with Crippen molar-refractivity contribution < 1.29 is 19.4 Å². The van der Waals surface area contributed by atoms with Gasteiger partial charge in [-0.1, -0.05) is 36.4 Å². The zero-order valence-electron chi connectivity index (χ0n) is 14.1. The maximum Gasteiger partial charge on any atom is 0.326 e. The van der Waals surface area contributed by atoms with Gasteiger partial charge in [0.25, 0.3) is 0 Å². The van der Waals surface area contributed by atoms with E-state index in [2.05, 4.69) is 0 Å². The average Bonchev–Trinajstić information content (AvgIpc) is 2.65. The van der Waals surface area contributed by atoms with E-state index in [1.807, 2.05) is 48.5 Å². The lowest BCUT2D eigenvalue weighted by atomic mass is 9.93. The van der Waals surface area contributed by atoms with Crippen molar-refractivity contribution in [2.45, 2.75) is 31.8 Å². The van der Waals surface area contributed by atoms with Crippen LogP contribution in [0.2, 0.25) is 0 Å². The molecule has 0 fully saturated rings. The van der Waals surface area contributed by atoms with Gasteiger partial charge in [-0.2, -0.15) is 0 Å². The summed E-state index contributed by atoms with van der Waals surface area (Å²) in [5, 5.41) is 9.53. The Morgan fingerprint density at radius 3 is 2.64 bits per heavy atom. The summed E-state index contributed by atoms with van der Waals surface area (Å²) >= 11 is 0. The number of carboxylic acids is 1. The van der Waals surface area contributed by atoms with E-state index in [1.165, 1.54) is 4.90 Å². The number of amides is 1. The van der Waals surface area contributed by atoms with Gasteiger partial charge >= 0.3 is 5.97 Å². The number of aryl methyl sites for hydroxylation is 1. The minimum Gasteiger partial charge on any atom is -0.497 e. The van der Waals surface area contributed by atoms with Crippen molar-refractivity contribution in [2.24, 2.45) is 0 Å². The third-order valence-electron chi connectivity index (χ3n) is 4.62. The van der Waals surface area contributed by atoms with Crippen molar-refractivity contribution in [3.05, 3.63) is 65.2 Å². The Bertz CT molecular complexity index is 787. The number of carbonyl (C=O) groups is 2. The number of carbonyl (C=O) groups excluding carboxylic acids is 1. The number of hydrogen-bond acceptors (Lipinski definition) is 3. The van der Waals surface area contributed by atoms with E-state index in [-0.39, 0.29) is 12.3 Å². The van der Waals surface area contributed by atoms with E-state index in [9.17, 15) is 14.7 Å². The van der Waals surface area contributed by atoms with Gasteiger partial charge in [-0.3, -0.25) is 4.79 Å². The molecule has 0 unspecified atom stereocenters. The molecule has 0 saturated heterocycles. The summed E-state index contributed by atoms with van der Waals surface area (Å²) in [6, 6.07) is 14.5. The van der Waals surface area contributed by atoms with Crippen molar-refractivity contribution in [2.75, 3.05) is 7.11 Å². The lowest BCUT2D eigenvalue weighted by molar-refractivity contribution is -0.151. The second-order valence-corrected chi connectivity index (χ2v) is 6.20. The van der Waals surface area contributed by atoms with Crippen LogP contribution in [0.1, 0.15) is 23.1 Å². The molecule has 0 aromatic heterocycles. The third kappa shape index (κ3) is 3.82. The second kappa shape index (κ2) is 7.38. The normalized spacial score (nSPS) is 16.2. The molecule has 1 amide bonds. The first-order valence-electron chi connectivity index (χ1n) is 8.30. The first kappa shape index (κ1) is 17.0. The van der Waals surface area contributed by atoms with Gasteiger partial charge in [-0.05, 0) is 35.2 Å². The SMILES string of the molecule is COc1cccc(CCC(=O)N2Cc3ccccc3C[C@H]2C(=O)O)c1. The molecule has 2 aromatic rings. The maximum absolute atomic E-state index is 12.7. The van der Waals surface area contributed by atoms with E-state index in [0.29, 0.717) is 19.4 Å². The van der Waals surface area contributed by atoms with Gasteiger partial charge in [0.05, 0.1) is 7.11 Å². The van der Waals surface area contributed by atoms with E-state index in [4.69, 9.17) is 4.74 Å². The molecular weight excluding hydrogens is 318 g/mol. The molecule has 25 heavy (non-hydrogen) atoms. The number of nitrogens with zero attached hydrogens (tertiary/aromatic N) is 1. The van der Waals surface area contributed by atoms with Crippen LogP contribution in [-0.2, 0) is 29.0 Å². The molecule has 0 bridgehead atoms. The lowest BCUT2D eigenvalue weighted by Crippen LogP contribution is -2.48. The number of methoxy groups -OCH3 is 1. The Kier molecular flexibility index (Phi) is 5.03. The maximum atomic E-state index is 12.7. The molecule has 2 aromatic carbocycles. The number of ether oxygens (including phenoxy) is 1. The van der Waals surface area contributed by atoms with E-state index < -0.39 is 12.0 Å². The highest BCUT2D eigenvalue weighted by Gasteiger charge is 2.34. The van der Waals surface area contributed by atoms with Crippen LogP contribution in [0.25, 0.3) is 0 Å². The minimum atomic E-state index is -0.954. The molecule has 1 N–H and O–H groups in total. The molecule has 1 heterocycles. The van der Waals surface area contributed by atoms with Crippen molar-refractivity contribution in [3.8, 4) is 5.75 Å². The van der Waals surface area contributed by atoms with Crippen LogP contribution >= 0.6 is 0 Å². The average molecular weight is 339 g/mol. The van der Waals surface area contributed by atoms with E-state index >= 15 is 0 Å². The molecule has 0 spiro atoms. The molecular formula is C20H21NO4. The Morgan fingerprint density at radius 1 is 1.16 bits per heavy atom. The molecule has 1 aliphatic heterocycles. The largest absolute Gasteiger partial charge is 0.497 e. The first-order chi connectivity index (χ1) is 12.1. The fraction of sp³-hybridized carbons (Fsp3) is 0.300. The summed E-state index contributed by atoms with van der Waals surface area (Å²) in [7, 11) is 1.60. The zero-order chi connectivity index (χ0) is 17.8. The fourth-order valence-corrected chi connectivity index (χ4v) is 3.23. The highest BCUT2D eigenvalue weighted by Crippen LogP contribution is 2.24. The predicted molar refractivity (Wildman–Crippen MR) is 93.4 cm³/mol. The lowest BCUT2D eigenvalue weighted by Gasteiger charge is -2.34. The first-order valence-corrected chi connectivity index (χ1v) is 8.30. The van der Waals surface area contributed by atoms with E-state index in [0.717, 1.165) is 22.4 Å². The van der Waals surface area contributed by atoms with Gasteiger partial charge in [-0.15, -0.1) is 0 Å². The molecule has 130 valence electrons. The van der Waals surface area contributed by atoms with Gasteiger partial charge in [0.15, 0.2) is 0 Å². The van der Waals surface area contributed by atoms with Crippen LogP contribution < -0.4 is 4.74 Å². The van der Waals surface area contributed by atoms with Crippen molar-refractivity contribution in [1.29, 1.82) is 0 Å². The number of rotatable bonds is 5. The second-order valence-electron chi connectivity index (χ2n) is 6.20. The van der Waals surface area contributed by atoms with Gasteiger partial charge in [0.1, 0.15) is 11.8 Å². The van der Waals surface area contributed by atoms with Crippen molar-refractivity contribution >= 4 is 11.9 Å². The quantitative estimate of drug-likeness (QED) is 0.909. The monoisotopic (exact) mass is 339 g/mol. The molecule has 0 aliphatic carbocycles. The Labute approximate surface area is 146 Å². The summed E-state index contributed by atoms with van der Waals surface area (Å²) in [5.74, 6) is -0.339. The smallest absolute Gasteiger partial charge is 0.326 e. The summed E-state index contributed by atoms with van der Waals surface area (Å²) in [6.07, 6.45) is 1.19. The zero-order valence-corrected chi connectivity index (χ0v) is 14.1. The highest BCUT2D eigenvalue weighted by atomic mass is 16.5. The third-order valence-corrected chi connectivity index (χ3v) is 4.62. The highest BCUT2D eigenvalue weighted by molar-refractivity contribution is 5.84. The summed E-state index contributed by atoms with van der Waals surface area (Å²) in [6.45, 7) is 0.351. The van der Waals surface area contributed by atoms with Crippen LogP contribution in [-0.4, -0.2) is 35.0 Å². The Hall–Kier alpha value is -2.82. The molecule has 1 aliphatic rings. The predicted octanol–water partition coefficient (Wildman–Crippen LogP) is 2.67. The molecule has 0 saturated carbocycles. The fourth-order valence-electron chi connectivity index (χ4n) is 3.23. The van der Waals surface area contributed by atoms with Crippen LogP contribution in [0.5, 0.6) is 5.75 Å². The van der Waals surface area contributed by atoms with Crippen molar-refractivity contribution in [3.63, 3.8) is 0 Å². The molecule has 5 heteroatoms. The van der Waals surface area contributed by atoms with Crippen LogP contribution in [0.3, 0.4) is 0 Å². The van der Waals surface area contributed by atoms with Crippen molar-refractivity contribution in [1.82, 2.24) is 4.90 Å². The van der Waals surface area contributed by atoms with Crippen LogP contribution in [0.4, 0.5) is 0 Å². The molecule has 5 nitrogen and oxygen atoms in total. The van der Waals surface area contributed by atoms with Gasteiger partial charge in [-0.25, -0.2) is 4.79 Å².